The number of hydrogen-bond donors (Lipinski definition) is 0. The van der Waals surface area contributed by atoms with Crippen molar-refractivity contribution in [2.45, 2.75) is 6.42 Å². The van der Waals surface area contributed by atoms with Crippen molar-refractivity contribution in [1.29, 1.82) is 0 Å². The largest absolute Gasteiger partial charge is 0.299 e. The Balaban J connectivity index is 1.81. The van der Waals surface area contributed by atoms with Gasteiger partial charge in [0.15, 0.2) is 5.78 Å². The predicted octanol–water partition coefficient (Wildman–Crippen LogP) is 2.44. The fourth-order valence-corrected chi connectivity index (χ4v) is 1.89. The monoisotopic (exact) mass is 254 g/mol. The molecule has 3 nitrogen and oxygen atoms in total. The Morgan fingerprint density at radius 2 is 1.84 bits per heavy atom. The average Bonchev–Trinajstić information content (AvgIpc) is 2.47. The minimum atomic E-state index is 0.157. The summed E-state index contributed by atoms with van der Waals surface area (Å²) in [7, 11) is 1.96. The Bertz CT molecular complexity index is 511. The fraction of sp³-hybridized carbons (Fsp3) is 0.250. The molecule has 0 aliphatic rings. The van der Waals surface area contributed by atoms with Crippen molar-refractivity contribution in [3.63, 3.8) is 0 Å². The molecular formula is C16H18N2O. The molecule has 0 atom stereocenters. The van der Waals surface area contributed by atoms with Gasteiger partial charge in [0.1, 0.15) is 0 Å². The van der Waals surface area contributed by atoms with Gasteiger partial charge in [-0.05, 0) is 19.2 Å². The number of ketones is 1. The Hall–Kier alpha value is -2.00. The van der Waals surface area contributed by atoms with E-state index in [1.54, 1.807) is 6.20 Å². The molecule has 0 saturated heterocycles. The Morgan fingerprint density at radius 1 is 1.11 bits per heavy atom. The second-order valence-corrected chi connectivity index (χ2v) is 4.60. The van der Waals surface area contributed by atoms with E-state index in [9.17, 15) is 4.79 Å². The van der Waals surface area contributed by atoms with Crippen LogP contribution in [0.3, 0.4) is 0 Å². The highest BCUT2D eigenvalue weighted by molar-refractivity contribution is 5.97. The number of aromatic nitrogens is 1. The smallest absolute Gasteiger partial charge is 0.176 e. The van der Waals surface area contributed by atoms with Crippen molar-refractivity contribution in [3.05, 3.63) is 66.0 Å². The Labute approximate surface area is 113 Å². The molecule has 0 unspecified atom stereocenters. The first-order valence-corrected chi connectivity index (χ1v) is 6.42. The molecule has 0 spiro atoms. The van der Waals surface area contributed by atoms with E-state index in [2.05, 4.69) is 4.98 Å². The van der Waals surface area contributed by atoms with Crippen molar-refractivity contribution >= 4 is 5.78 Å². The molecule has 1 aromatic heterocycles. The molecule has 2 rings (SSSR count). The number of pyridine rings is 1. The highest BCUT2D eigenvalue weighted by Crippen LogP contribution is 2.02. The average molecular weight is 254 g/mol. The maximum absolute atomic E-state index is 12.0. The predicted molar refractivity (Wildman–Crippen MR) is 76.2 cm³/mol. The van der Waals surface area contributed by atoms with Crippen LogP contribution in [0.2, 0.25) is 0 Å². The Morgan fingerprint density at radius 3 is 2.53 bits per heavy atom. The minimum absolute atomic E-state index is 0.157. The number of carbonyl (C=O) groups is 1. The standard InChI is InChI=1S/C16H18N2O/c1-18(12-10-15-9-5-6-11-17-15)13-16(19)14-7-3-2-4-8-14/h2-9,11H,10,12-13H2,1H3. The first-order chi connectivity index (χ1) is 9.25. The van der Waals surface area contributed by atoms with Crippen molar-refractivity contribution in [2.75, 3.05) is 20.1 Å². The number of carbonyl (C=O) groups excluding carboxylic acids is 1. The van der Waals surface area contributed by atoms with Crippen LogP contribution in [-0.4, -0.2) is 35.8 Å². The van der Waals surface area contributed by atoms with Crippen LogP contribution < -0.4 is 0 Å². The molecule has 0 aliphatic heterocycles. The number of nitrogens with zero attached hydrogens (tertiary/aromatic N) is 2. The van der Waals surface area contributed by atoms with Crippen LogP contribution in [0.5, 0.6) is 0 Å². The fourth-order valence-electron chi connectivity index (χ4n) is 1.89. The zero-order valence-corrected chi connectivity index (χ0v) is 11.1. The van der Waals surface area contributed by atoms with E-state index in [0.717, 1.165) is 24.2 Å². The molecule has 1 aromatic carbocycles. The Kier molecular flexibility index (Phi) is 4.81. The van der Waals surface area contributed by atoms with Crippen LogP contribution in [0.25, 0.3) is 0 Å². The van der Waals surface area contributed by atoms with Gasteiger partial charge in [0.2, 0.25) is 0 Å². The molecule has 1 heterocycles. The molecular weight excluding hydrogens is 236 g/mol. The zero-order valence-electron chi connectivity index (χ0n) is 11.1. The van der Waals surface area contributed by atoms with Gasteiger partial charge < -0.3 is 0 Å². The van der Waals surface area contributed by atoms with E-state index in [4.69, 9.17) is 0 Å². The van der Waals surface area contributed by atoms with Gasteiger partial charge in [-0.25, -0.2) is 0 Å². The lowest BCUT2D eigenvalue weighted by Gasteiger charge is -2.15. The molecule has 0 fully saturated rings. The third-order valence-electron chi connectivity index (χ3n) is 2.99. The lowest BCUT2D eigenvalue weighted by Crippen LogP contribution is -2.28. The third kappa shape index (κ3) is 4.30. The molecule has 0 N–H and O–H groups in total. The van der Waals surface area contributed by atoms with E-state index in [-0.39, 0.29) is 5.78 Å². The van der Waals surface area contributed by atoms with Crippen LogP contribution in [-0.2, 0) is 6.42 Å². The topological polar surface area (TPSA) is 33.2 Å². The number of Topliss-reactive ketones (excluding diaryl/α,β-unsaturated/α-hetero) is 1. The van der Waals surface area contributed by atoms with Crippen molar-refractivity contribution < 1.29 is 4.79 Å². The number of likely N-dealkylation sites (N-methyl/N-ethyl adjacent to an activating group) is 1. The second kappa shape index (κ2) is 6.81. The van der Waals surface area contributed by atoms with E-state index < -0.39 is 0 Å². The molecule has 0 radical (unpaired) electrons. The highest BCUT2D eigenvalue weighted by Gasteiger charge is 2.08. The van der Waals surface area contributed by atoms with E-state index in [1.165, 1.54) is 0 Å². The van der Waals surface area contributed by atoms with Crippen LogP contribution in [0, 0.1) is 0 Å². The summed E-state index contributed by atoms with van der Waals surface area (Å²) in [5.74, 6) is 0.157. The maximum atomic E-state index is 12.0. The first kappa shape index (κ1) is 13.4. The summed E-state index contributed by atoms with van der Waals surface area (Å²) >= 11 is 0. The van der Waals surface area contributed by atoms with Crippen LogP contribution in [0.1, 0.15) is 16.1 Å². The first-order valence-electron chi connectivity index (χ1n) is 6.42. The van der Waals surface area contributed by atoms with Gasteiger partial charge >= 0.3 is 0 Å². The summed E-state index contributed by atoms with van der Waals surface area (Å²) in [5.41, 5.74) is 1.83. The van der Waals surface area contributed by atoms with Crippen molar-refractivity contribution in [1.82, 2.24) is 9.88 Å². The lowest BCUT2D eigenvalue weighted by molar-refractivity contribution is 0.0946. The number of hydrogen-bond acceptors (Lipinski definition) is 3. The van der Waals surface area contributed by atoms with E-state index >= 15 is 0 Å². The molecule has 0 amide bonds. The number of benzene rings is 1. The molecule has 0 saturated carbocycles. The maximum Gasteiger partial charge on any atom is 0.176 e. The molecule has 0 aliphatic carbocycles. The quantitative estimate of drug-likeness (QED) is 0.742. The van der Waals surface area contributed by atoms with Gasteiger partial charge in [-0.1, -0.05) is 36.4 Å². The van der Waals surface area contributed by atoms with E-state index in [0.29, 0.717) is 6.54 Å². The second-order valence-electron chi connectivity index (χ2n) is 4.60. The molecule has 19 heavy (non-hydrogen) atoms. The molecule has 3 heteroatoms. The van der Waals surface area contributed by atoms with Crippen LogP contribution >= 0.6 is 0 Å². The van der Waals surface area contributed by atoms with E-state index in [1.807, 2.05) is 60.5 Å². The van der Waals surface area contributed by atoms with Crippen LogP contribution in [0.15, 0.2) is 54.7 Å². The normalized spacial score (nSPS) is 10.6. The summed E-state index contributed by atoms with van der Waals surface area (Å²) in [4.78, 5) is 18.3. The highest BCUT2D eigenvalue weighted by atomic mass is 16.1. The lowest BCUT2D eigenvalue weighted by atomic mass is 10.1. The summed E-state index contributed by atoms with van der Waals surface area (Å²) in [6.07, 6.45) is 2.66. The summed E-state index contributed by atoms with van der Waals surface area (Å²) in [6.45, 7) is 1.27. The van der Waals surface area contributed by atoms with Gasteiger partial charge in [0.25, 0.3) is 0 Å². The summed E-state index contributed by atoms with van der Waals surface area (Å²) in [6, 6.07) is 15.3. The zero-order chi connectivity index (χ0) is 13.5. The summed E-state index contributed by atoms with van der Waals surface area (Å²) in [5, 5.41) is 0. The van der Waals surface area contributed by atoms with Crippen molar-refractivity contribution in [3.8, 4) is 0 Å². The number of rotatable bonds is 6. The minimum Gasteiger partial charge on any atom is -0.299 e. The van der Waals surface area contributed by atoms with Crippen LogP contribution in [0.4, 0.5) is 0 Å². The van der Waals surface area contributed by atoms with Crippen molar-refractivity contribution in [2.24, 2.45) is 0 Å². The molecule has 2 aromatic rings. The van der Waals surface area contributed by atoms with Gasteiger partial charge in [-0.15, -0.1) is 0 Å². The third-order valence-corrected chi connectivity index (χ3v) is 2.99. The van der Waals surface area contributed by atoms with Gasteiger partial charge in [-0.2, -0.15) is 0 Å². The molecule has 0 bridgehead atoms. The molecule has 98 valence electrons. The summed E-state index contributed by atoms with van der Waals surface area (Å²) < 4.78 is 0. The SMILES string of the molecule is CN(CCc1ccccn1)CC(=O)c1ccccc1. The van der Waals surface area contributed by atoms with Gasteiger partial charge in [0.05, 0.1) is 6.54 Å². The van der Waals surface area contributed by atoms with Gasteiger partial charge in [0, 0.05) is 30.4 Å². The van der Waals surface area contributed by atoms with Gasteiger partial charge in [-0.3, -0.25) is 14.7 Å².